The lowest BCUT2D eigenvalue weighted by Crippen LogP contribution is -2.51. The van der Waals surface area contributed by atoms with Gasteiger partial charge >= 0.3 is 5.97 Å². The first-order valence-corrected chi connectivity index (χ1v) is 7.75. The number of carboxylic acid groups (broad SMARTS) is 1. The number of carbonyl (C=O) groups is 4. The number of aliphatic carboxylic acids is 1. The van der Waals surface area contributed by atoms with E-state index in [1.54, 1.807) is 0 Å². The Hall–Kier alpha value is -2.20. The summed E-state index contributed by atoms with van der Waals surface area (Å²) >= 11 is 0. The van der Waals surface area contributed by atoms with Gasteiger partial charge in [-0.2, -0.15) is 0 Å². The number of rotatable bonds is 11. The molecule has 0 spiro atoms. The molecule has 8 N–H and O–H groups in total. The topological polar surface area (TPSA) is 177 Å². The van der Waals surface area contributed by atoms with Crippen LogP contribution in [0, 0.1) is 0 Å². The van der Waals surface area contributed by atoms with E-state index in [1.165, 1.54) is 13.8 Å². The highest BCUT2D eigenvalue weighted by Gasteiger charge is 2.21. The number of carboxylic acids is 1. The maximum atomic E-state index is 11.8. The van der Waals surface area contributed by atoms with Crippen molar-refractivity contribution in [2.45, 2.75) is 51.2 Å². The third kappa shape index (κ3) is 9.06. The van der Waals surface area contributed by atoms with Gasteiger partial charge < -0.3 is 32.5 Å². The molecule has 0 aliphatic carbocycles. The predicted octanol–water partition coefficient (Wildman–Crippen LogP) is -2.35. The van der Waals surface area contributed by atoms with Gasteiger partial charge in [0.05, 0.1) is 12.6 Å². The Morgan fingerprint density at radius 2 is 1.67 bits per heavy atom. The molecule has 0 saturated carbocycles. The lowest BCUT2D eigenvalue weighted by Gasteiger charge is -2.17. The summed E-state index contributed by atoms with van der Waals surface area (Å²) in [5.41, 5.74) is 10.7. The highest BCUT2D eigenvalue weighted by molar-refractivity contribution is 5.92. The SMILES string of the molecule is CC(N)C(=O)NC(C)C(=O)NCC(=O)NC(CCCCN)C(=O)O. The second-order valence-electron chi connectivity index (χ2n) is 5.48. The molecule has 24 heavy (non-hydrogen) atoms. The summed E-state index contributed by atoms with van der Waals surface area (Å²) in [6, 6.07) is -2.65. The van der Waals surface area contributed by atoms with E-state index in [9.17, 15) is 19.2 Å². The molecule has 3 unspecified atom stereocenters. The Kier molecular flexibility index (Phi) is 10.3. The predicted molar refractivity (Wildman–Crippen MR) is 86.7 cm³/mol. The summed E-state index contributed by atoms with van der Waals surface area (Å²) < 4.78 is 0. The fraction of sp³-hybridized carbons (Fsp3) is 0.714. The molecular formula is C14H27N5O5. The Morgan fingerprint density at radius 1 is 1.04 bits per heavy atom. The molecular weight excluding hydrogens is 318 g/mol. The Balaban J connectivity index is 4.28. The van der Waals surface area contributed by atoms with Crippen LogP contribution in [0.25, 0.3) is 0 Å². The summed E-state index contributed by atoms with van der Waals surface area (Å²) in [6.07, 6.45) is 1.49. The van der Waals surface area contributed by atoms with Gasteiger partial charge in [-0.15, -0.1) is 0 Å². The van der Waals surface area contributed by atoms with Crippen molar-refractivity contribution in [3.8, 4) is 0 Å². The summed E-state index contributed by atoms with van der Waals surface area (Å²) in [4.78, 5) is 45.9. The minimum Gasteiger partial charge on any atom is -0.480 e. The van der Waals surface area contributed by atoms with E-state index in [4.69, 9.17) is 16.6 Å². The van der Waals surface area contributed by atoms with Gasteiger partial charge in [0.15, 0.2) is 0 Å². The first-order valence-electron chi connectivity index (χ1n) is 7.75. The van der Waals surface area contributed by atoms with Crippen molar-refractivity contribution in [1.29, 1.82) is 0 Å². The van der Waals surface area contributed by atoms with Crippen molar-refractivity contribution in [3.05, 3.63) is 0 Å². The van der Waals surface area contributed by atoms with Crippen LogP contribution in [0.4, 0.5) is 0 Å². The summed E-state index contributed by atoms with van der Waals surface area (Å²) in [5, 5.41) is 16.1. The van der Waals surface area contributed by atoms with Gasteiger partial charge in [-0.05, 0) is 39.7 Å². The van der Waals surface area contributed by atoms with E-state index in [1.807, 2.05) is 0 Å². The third-order valence-corrected chi connectivity index (χ3v) is 3.17. The maximum Gasteiger partial charge on any atom is 0.326 e. The minimum absolute atomic E-state index is 0.257. The summed E-state index contributed by atoms with van der Waals surface area (Å²) in [7, 11) is 0. The average molecular weight is 345 g/mol. The standard InChI is InChI=1S/C14H27N5O5/c1-8(16)12(21)18-9(2)13(22)17-7-11(20)19-10(14(23)24)5-3-4-6-15/h8-10H,3-7,15-16H2,1-2H3,(H,17,22)(H,18,21)(H,19,20)(H,23,24). The molecule has 0 aliphatic rings. The van der Waals surface area contributed by atoms with Gasteiger partial charge in [0.25, 0.3) is 0 Å². The highest BCUT2D eigenvalue weighted by Crippen LogP contribution is 2.00. The van der Waals surface area contributed by atoms with Crippen LogP contribution in [0.1, 0.15) is 33.1 Å². The minimum atomic E-state index is -1.15. The monoisotopic (exact) mass is 345 g/mol. The van der Waals surface area contributed by atoms with Crippen molar-refractivity contribution in [1.82, 2.24) is 16.0 Å². The smallest absolute Gasteiger partial charge is 0.326 e. The van der Waals surface area contributed by atoms with Crippen molar-refractivity contribution >= 4 is 23.7 Å². The zero-order valence-electron chi connectivity index (χ0n) is 14.0. The van der Waals surface area contributed by atoms with Crippen molar-refractivity contribution in [2.24, 2.45) is 11.5 Å². The molecule has 3 atom stereocenters. The molecule has 10 nitrogen and oxygen atoms in total. The number of nitrogens with one attached hydrogen (secondary N) is 3. The van der Waals surface area contributed by atoms with Crippen LogP contribution < -0.4 is 27.4 Å². The normalized spacial score (nSPS) is 14.2. The molecule has 0 fully saturated rings. The van der Waals surface area contributed by atoms with E-state index >= 15 is 0 Å². The number of hydrogen-bond donors (Lipinski definition) is 6. The van der Waals surface area contributed by atoms with Crippen LogP contribution in [-0.2, 0) is 19.2 Å². The molecule has 0 aliphatic heterocycles. The van der Waals surface area contributed by atoms with Gasteiger partial charge in [0.2, 0.25) is 17.7 Å². The Bertz CT molecular complexity index is 455. The van der Waals surface area contributed by atoms with Crippen LogP contribution in [0.2, 0.25) is 0 Å². The van der Waals surface area contributed by atoms with E-state index in [2.05, 4.69) is 16.0 Å². The van der Waals surface area contributed by atoms with Crippen LogP contribution in [-0.4, -0.2) is 60.0 Å². The lowest BCUT2D eigenvalue weighted by atomic mass is 10.1. The highest BCUT2D eigenvalue weighted by atomic mass is 16.4. The quantitative estimate of drug-likeness (QED) is 0.227. The second kappa shape index (κ2) is 11.4. The van der Waals surface area contributed by atoms with Crippen LogP contribution >= 0.6 is 0 Å². The Morgan fingerprint density at radius 3 is 2.17 bits per heavy atom. The molecule has 10 heteroatoms. The molecule has 0 saturated heterocycles. The van der Waals surface area contributed by atoms with Gasteiger partial charge in [0.1, 0.15) is 12.1 Å². The zero-order chi connectivity index (χ0) is 18.7. The number of amides is 3. The van der Waals surface area contributed by atoms with Gasteiger partial charge in [-0.25, -0.2) is 4.79 Å². The molecule has 3 amide bonds. The number of hydrogen-bond acceptors (Lipinski definition) is 6. The molecule has 0 bridgehead atoms. The maximum absolute atomic E-state index is 11.8. The molecule has 138 valence electrons. The van der Waals surface area contributed by atoms with Crippen molar-refractivity contribution in [3.63, 3.8) is 0 Å². The lowest BCUT2D eigenvalue weighted by molar-refractivity contribution is -0.142. The second-order valence-corrected chi connectivity index (χ2v) is 5.48. The molecule has 0 rings (SSSR count). The largest absolute Gasteiger partial charge is 0.480 e. The summed E-state index contributed by atoms with van der Waals surface area (Å²) in [6.45, 7) is 2.98. The number of unbranched alkanes of at least 4 members (excludes halogenated alkanes) is 1. The molecule has 0 radical (unpaired) electrons. The van der Waals surface area contributed by atoms with Gasteiger partial charge in [-0.1, -0.05) is 0 Å². The fourth-order valence-electron chi connectivity index (χ4n) is 1.73. The number of carbonyl (C=O) groups excluding carboxylic acids is 3. The van der Waals surface area contributed by atoms with E-state index in [0.717, 1.165) is 0 Å². The van der Waals surface area contributed by atoms with Crippen molar-refractivity contribution in [2.75, 3.05) is 13.1 Å². The molecule has 0 aromatic heterocycles. The van der Waals surface area contributed by atoms with E-state index in [0.29, 0.717) is 19.4 Å². The first-order chi connectivity index (χ1) is 11.2. The first kappa shape index (κ1) is 21.8. The Labute approximate surface area is 140 Å². The van der Waals surface area contributed by atoms with Gasteiger partial charge in [0, 0.05) is 0 Å². The van der Waals surface area contributed by atoms with Gasteiger partial charge in [-0.3, -0.25) is 14.4 Å². The zero-order valence-corrected chi connectivity index (χ0v) is 14.0. The fourth-order valence-corrected chi connectivity index (χ4v) is 1.73. The van der Waals surface area contributed by atoms with E-state index < -0.39 is 48.4 Å². The van der Waals surface area contributed by atoms with Crippen LogP contribution in [0.15, 0.2) is 0 Å². The third-order valence-electron chi connectivity index (χ3n) is 3.17. The number of nitrogens with two attached hydrogens (primary N) is 2. The molecule has 0 heterocycles. The van der Waals surface area contributed by atoms with Crippen LogP contribution in [0.3, 0.4) is 0 Å². The van der Waals surface area contributed by atoms with Crippen molar-refractivity contribution < 1.29 is 24.3 Å². The van der Waals surface area contributed by atoms with Crippen LogP contribution in [0.5, 0.6) is 0 Å². The molecule has 0 aromatic carbocycles. The van der Waals surface area contributed by atoms with E-state index in [-0.39, 0.29) is 6.42 Å². The average Bonchev–Trinajstić information content (AvgIpc) is 2.51. The molecule has 0 aromatic rings. The summed E-state index contributed by atoms with van der Waals surface area (Å²) in [5.74, 6) is -2.85.